The van der Waals surface area contributed by atoms with Crippen molar-refractivity contribution in [1.82, 2.24) is 4.72 Å². The lowest BCUT2D eigenvalue weighted by Crippen LogP contribution is -2.26. The first-order valence-corrected chi connectivity index (χ1v) is 10.3. The largest absolute Gasteiger partial charge is 0.418 e. The molecule has 2 aromatic carbocycles. The number of amides is 1. The summed E-state index contributed by atoms with van der Waals surface area (Å²) >= 11 is 0. The first kappa shape index (κ1) is 21.1. The summed E-state index contributed by atoms with van der Waals surface area (Å²) in [6, 6.07) is 8.63. The summed E-state index contributed by atoms with van der Waals surface area (Å²) in [6.45, 7) is 0. The van der Waals surface area contributed by atoms with Gasteiger partial charge in [0.25, 0.3) is 5.91 Å². The van der Waals surface area contributed by atoms with Crippen LogP contribution in [0.2, 0.25) is 0 Å². The Hall–Kier alpha value is -2.59. The van der Waals surface area contributed by atoms with Gasteiger partial charge < -0.3 is 10.2 Å². The molecule has 0 saturated heterocycles. The summed E-state index contributed by atoms with van der Waals surface area (Å²) in [5, 5.41) is 2.24. The molecule has 1 aliphatic carbocycles. The van der Waals surface area contributed by atoms with Crippen LogP contribution in [0.15, 0.2) is 47.4 Å². The van der Waals surface area contributed by atoms with E-state index >= 15 is 0 Å². The summed E-state index contributed by atoms with van der Waals surface area (Å²) in [4.78, 5) is 13.9. The fourth-order valence-corrected chi connectivity index (χ4v) is 3.99. The van der Waals surface area contributed by atoms with Gasteiger partial charge in [-0.3, -0.25) is 4.79 Å². The lowest BCUT2D eigenvalue weighted by atomic mass is 10.1. The maximum absolute atomic E-state index is 13.4. The van der Waals surface area contributed by atoms with E-state index in [2.05, 4.69) is 10.0 Å². The standard InChI is InChI=1S/C19H20F3N3O3S/c1-25(2)14-8-9-17(16(11-14)19(20,21)22)23-18(26)12-4-3-5-15(10-12)29(27,28)24-13-6-7-13/h3-5,8-11,13,24H,6-7H2,1-2H3,(H,23,26). The Bertz CT molecular complexity index is 1030. The van der Waals surface area contributed by atoms with Gasteiger partial charge in [-0.2, -0.15) is 13.2 Å². The molecule has 0 heterocycles. The fraction of sp³-hybridized carbons (Fsp3) is 0.316. The molecule has 0 atom stereocenters. The van der Waals surface area contributed by atoms with Gasteiger partial charge in [0.2, 0.25) is 10.0 Å². The van der Waals surface area contributed by atoms with Crippen LogP contribution in [0.4, 0.5) is 24.5 Å². The maximum atomic E-state index is 13.4. The highest BCUT2D eigenvalue weighted by Crippen LogP contribution is 2.37. The van der Waals surface area contributed by atoms with E-state index in [1.807, 2.05) is 0 Å². The minimum atomic E-state index is -4.67. The fourth-order valence-electron chi connectivity index (χ4n) is 2.64. The number of sulfonamides is 1. The smallest absolute Gasteiger partial charge is 0.378 e. The van der Waals surface area contributed by atoms with Gasteiger partial charge >= 0.3 is 6.18 Å². The van der Waals surface area contributed by atoms with E-state index in [0.29, 0.717) is 5.69 Å². The molecule has 0 bridgehead atoms. The Morgan fingerprint density at radius 1 is 1.10 bits per heavy atom. The van der Waals surface area contributed by atoms with Gasteiger partial charge in [-0.15, -0.1) is 0 Å². The van der Waals surface area contributed by atoms with Gasteiger partial charge in [0.15, 0.2) is 0 Å². The summed E-state index contributed by atoms with van der Waals surface area (Å²) < 4.78 is 67.4. The molecule has 2 N–H and O–H groups in total. The van der Waals surface area contributed by atoms with E-state index in [-0.39, 0.29) is 16.5 Å². The zero-order valence-corrected chi connectivity index (χ0v) is 16.6. The van der Waals surface area contributed by atoms with E-state index in [4.69, 9.17) is 0 Å². The molecule has 0 unspecified atom stereocenters. The van der Waals surface area contributed by atoms with Crippen molar-refractivity contribution >= 4 is 27.3 Å². The molecule has 6 nitrogen and oxygen atoms in total. The molecule has 3 rings (SSSR count). The minimum absolute atomic E-state index is 0.0616. The van der Waals surface area contributed by atoms with Gasteiger partial charge in [0.1, 0.15) is 0 Å². The van der Waals surface area contributed by atoms with Crippen LogP contribution in [0, 0.1) is 0 Å². The van der Waals surface area contributed by atoms with E-state index in [1.165, 1.54) is 35.2 Å². The number of nitrogens with zero attached hydrogens (tertiary/aromatic N) is 1. The third-order valence-electron chi connectivity index (χ3n) is 4.38. The average molecular weight is 427 g/mol. The Kier molecular flexibility index (Phi) is 5.59. The zero-order valence-electron chi connectivity index (χ0n) is 15.7. The monoisotopic (exact) mass is 427 g/mol. The molecule has 10 heteroatoms. The molecule has 1 fully saturated rings. The van der Waals surface area contributed by atoms with Crippen LogP contribution in [0.1, 0.15) is 28.8 Å². The molecule has 2 aromatic rings. The third-order valence-corrected chi connectivity index (χ3v) is 5.90. The van der Waals surface area contributed by atoms with Crippen molar-refractivity contribution in [2.75, 3.05) is 24.3 Å². The van der Waals surface area contributed by atoms with Crippen LogP contribution in [-0.2, 0) is 16.2 Å². The Balaban J connectivity index is 1.88. The molecule has 0 aromatic heterocycles. The average Bonchev–Trinajstić information content (AvgIpc) is 3.44. The van der Waals surface area contributed by atoms with E-state index in [0.717, 1.165) is 25.0 Å². The van der Waals surface area contributed by atoms with Crippen molar-refractivity contribution in [2.24, 2.45) is 0 Å². The second-order valence-electron chi connectivity index (χ2n) is 7.00. The second kappa shape index (κ2) is 7.68. The van der Waals surface area contributed by atoms with Gasteiger partial charge in [-0.05, 0) is 49.2 Å². The minimum Gasteiger partial charge on any atom is -0.378 e. The quantitative estimate of drug-likeness (QED) is 0.740. The normalized spacial score (nSPS) is 14.5. The van der Waals surface area contributed by atoms with Crippen LogP contribution < -0.4 is 14.9 Å². The number of carbonyl (C=O) groups is 1. The first-order valence-electron chi connectivity index (χ1n) is 8.80. The number of alkyl halides is 3. The van der Waals surface area contributed by atoms with Crippen LogP contribution in [-0.4, -0.2) is 34.5 Å². The molecule has 1 saturated carbocycles. The Morgan fingerprint density at radius 2 is 1.79 bits per heavy atom. The number of nitrogens with one attached hydrogen (secondary N) is 2. The summed E-state index contributed by atoms with van der Waals surface area (Å²) in [5.74, 6) is -0.837. The number of rotatable bonds is 6. The lowest BCUT2D eigenvalue weighted by molar-refractivity contribution is -0.136. The van der Waals surface area contributed by atoms with Crippen LogP contribution >= 0.6 is 0 Å². The van der Waals surface area contributed by atoms with Crippen molar-refractivity contribution in [3.8, 4) is 0 Å². The predicted molar refractivity (Wildman–Crippen MR) is 104 cm³/mol. The summed E-state index contributed by atoms with van der Waals surface area (Å²) in [5.41, 5.74) is -1.13. The van der Waals surface area contributed by atoms with Crippen LogP contribution in [0.3, 0.4) is 0 Å². The number of hydrogen-bond donors (Lipinski definition) is 2. The molecular weight excluding hydrogens is 407 g/mol. The second-order valence-corrected chi connectivity index (χ2v) is 8.71. The lowest BCUT2D eigenvalue weighted by Gasteiger charge is -2.19. The first-order chi connectivity index (χ1) is 13.5. The van der Waals surface area contributed by atoms with Crippen LogP contribution in [0.25, 0.3) is 0 Å². The SMILES string of the molecule is CN(C)c1ccc(NC(=O)c2cccc(S(=O)(=O)NC3CC3)c2)c(C(F)(F)F)c1. The van der Waals surface area contributed by atoms with E-state index < -0.39 is 33.4 Å². The molecular formula is C19H20F3N3O3S. The number of carbonyl (C=O) groups excluding carboxylic acids is 1. The summed E-state index contributed by atoms with van der Waals surface area (Å²) in [6.07, 6.45) is -3.17. The number of anilines is 2. The maximum Gasteiger partial charge on any atom is 0.418 e. The van der Waals surface area contributed by atoms with Crippen molar-refractivity contribution in [3.05, 3.63) is 53.6 Å². The Morgan fingerprint density at radius 3 is 2.38 bits per heavy atom. The van der Waals surface area contributed by atoms with Gasteiger partial charge in [0, 0.05) is 31.4 Å². The van der Waals surface area contributed by atoms with E-state index in [1.54, 1.807) is 14.1 Å². The molecule has 29 heavy (non-hydrogen) atoms. The van der Waals surface area contributed by atoms with Crippen molar-refractivity contribution < 1.29 is 26.4 Å². The highest BCUT2D eigenvalue weighted by Gasteiger charge is 2.34. The molecule has 0 radical (unpaired) electrons. The van der Waals surface area contributed by atoms with Crippen molar-refractivity contribution in [2.45, 2.75) is 30.0 Å². The van der Waals surface area contributed by atoms with Crippen LogP contribution in [0.5, 0.6) is 0 Å². The Labute approximate surface area is 166 Å². The third kappa shape index (κ3) is 5.07. The topological polar surface area (TPSA) is 78.5 Å². The molecule has 0 aliphatic heterocycles. The van der Waals surface area contributed by atoms with Gasteiger partial charge in [0.05, 0.1) is 16.1 Å². The van der Waals surface area contributed by atoms with Gasteiger partial charge in [-0.1, -0.05) is 6.07 Å². The molecule has 156 valence electrons. The predicted octanol–water partition coefficient (Wildman–Crippen LogP) is 3.46. The van der Waals surface area contributed by atoms with E-state index in [9.17, 15) is 26.4 Å². The molecule has 1 aliphatic rings. The van der Waals surface area contributed by atoms with Crippen molar-refractivity contribution in [3.63, 3.8) is 0 Å². The number of hydrogen-bond acceptors (Lipinski definition) is 4. The number of benzene rings is 2. The highest BCUT2D eigenvalue weighted by molar-refractivity contribution is 7.89. The molecule has 0 spiro atoms. The zero-order chi connectivity index (χ0) is 21.4. The number of halogens is 3. The van der Waals surface area contributed by atoms with Gasteiger partial charge in [-0.25, -0.2) is 13.1 Å². The van der Waals surface area contributed by atoms with Crippen molar-refractivity contribution in [1.29, 1.82) is 0 Å². The molecule has 1 amide bonds. The summed E-state index contributed by atoms with van der Waals surface area (Å²) in [7, 11) is -0.575. The highest BCUT2D eigenvalue weighted by atomic mass is 32.2.